The third-order valence-electron chi connectivity index (χ3n) is 6.38. The van der Waals surface area contributed by atoms with Gasteiger partial charge in [0, 0.05) is 37.7 Å². The van der Waals surface area contributed by atoms with Gasteiger partial charge >= 0.3 is 0 Å². The summed E-state index contributed by atoms with van der Waals surface area (Å²) in [5.41, 5.74) is 3.80. The Hall–Kier alpha value is -3.23. The average Bonchev–Trinajstić information content (AvgIpc) is 3.47. The Bertz CT molecular complexity index is 1150. The fraction of sp³-hybridized carbons (Fsp3) is 0.500. The monoisotopic (exact) mass is 423 g/mol. The van der Waals surface area contributed by atoms with E-state index >= 15 is 0 Å². The lowest BCUT2D eigenvalue weighted by atomic mass is 9.90. The molecule has 3 aromatic heterocycles. The molecular weight excluding hydrogens is 398 g/mol. The smallest absolute Gasteiger partial charge is 0.259 e. The molecule has 2 aliphatic rings. The standard InChI is InChI=1S/C22H25N5O4/c1-11-17(12(2)30-25-11)22(29)27-8-6-14(7-9-27)19-18-15(20(28)23-3)10-16(13-4-5-13)24-21(18)31-26-19/h10,13-14H,4-9H2,1-3H3,(H,23,28). The van der Waals surface area contributed by atoms with Gasteiger partial charge in [-0.25, -0.2) is 4.98 Å². The molecule has 9 heteroatoms. The zero-order valence-corrected chi connectivity index (χ0v) is 17.9. The first-order chi connectivity index (χ1) is 15.0. The third-order valence-corrected chi connectivity index (χ3v) is 6.38. The molecule has 162 valence electrons. The molecule has 1 aliphatic carbocycles. The van der Waals surface area contributed by atoms with Crippen LogP contribution in [0.3, 0.4) is 0 Å². The van der Waals surface area contributed by atoms with Gasteiger partial charge in [-0.2, -0.15) is 0 Å². The van der Waals surface area contributed by atoms with Gasteiger partial charge in [0.2, 0.25) is 0 Å². The molecule has 0 aromatic carbocycles. The summed E-state index contributed by atoms with van der Waals surface area (Å²) in [7, 11) is 1.62. The number of nitrogens with zero attached hydrogens (tertiary/aromatic N) is 4. The molecule has 1 aliphatic heterocycles. The predicted octanol–water partition coefficient (Wildman–Crippen LogP) is 3.08. The number of carbonyl (C=O) groups excluding carboxylic acids is 2. The summed E-state index contributed by atoms with van der Waals surface area (Å²) in [4.78, 5) is 32.0. The molecule has 2 amide bonds. The number of fused-ring (bicyclic) bond motifs is 1. The molecule has 3 aromatic rings. The molecule has 0 spiro atoms. The van der Waals surface area contributed by atoms with Crippen molar-refractivity contribution in [2.24, 2.45) is 0 Å². The van der Waals surface area contributed by atoms with E-state index in [4.69, 9.17) is 9.05 Å². The molecule has 0 bridgehead atoms. The van der Waals surface area contributed by atoms with Crippen LogP contribution in [0.15, 0.2) is 15.1 Å². The molecule has 1 saturated heterocycles. The quantitative estimate of drug-likeness (QED) is 0.686. The van der Waals surface area contributed by atoms with Crippen molar-refractivity contribution in [2.75, 3.05) is 20.1 Å². The van der Waals surface area contributed by atoms with Gasteiger partial charge < -0.3 is 19.3 Å². The van der Waals surface area contributed by atoms with Crippen LogP contribution in [0.1, 0.15) is 81.1 Å². The fourth-order valence-corrected chi connectivity index (χ4v) is 4.48. The third kappa shape index (κ3) is 3.37. The Balaban J connectivity index is 1.41. The summed E-state index contributed by atoms with van der Waals surface area (Å²) in [6.45, 7) is 4.71. The second-order valence-corrected chi connectivity index (χ2v) is 8.46. The van der Waals surface area contributed by atoms with E-state index in [1.165, 1.54) is 0 Å². The lowest BCUT2D eigenvalue weighted by molar-refractivity contribution is 0.0709. The lowest BCUT2D eigenvalue weighted by Gasteiger charge is -2.31. The predicted molar refractivity (Wildman–Crippen MR) is 111 cm³/mol. The van der Waals surface area contributed by atoms with E-state index in [9.17, 15) is 9.59 Å². The maximum atomic E-state index is 12.9. The van der Waals surface area contributed by atoms with Crippen molar-refractivity contribution in [1.82, 2.24) is 25.5 Å². The number of aromatic nitrogens is 3. The van der Waals surface area contributed by atoms with Crippen LogP contribution in [0.4, 0.5) is 0 Å². The number of hydrogen-bond acceptors (Lipinski definition) is 7. The van der Waals surface area contributed by atoms with E-state index in [0.717, 1.165) is 37.1 Å². The van der Waals surface area contributed by atoms with Crippen molar-refractivity contribution >= 4 is 22.9 Å². The highest BCUT2D eigenvalue weighted by atomic mass is 16.5. The SMILES string of the molecule is CNC(=O)c1cc(C2CC2)nc2onc(C3CCN(C(=O)c4c(C)noc4C)CC3)c12. The summed E-state index contributed by atoms with van der Waals surface area (Å²) in [5, 5.41) is 11.6. The number of aryl methyl sites for hydroxylation is 2. The maximum Gasteiger partial charge on any atom is 0.259 e. The van der Waals surface area contributed by atoms with Crippen molar-refractivity contribution in [2.45, 2.75) is 51.4 Å². The van der Waals surface area contributed by atoms with E-state index in [1.807, 2.05) is 11.0 Å². The van der Waals surface area contributed by atoms with E-state index < -0.39 is 0 Å². The number of amides is 2. The van der Waals surface area contributed by atoms with Crippen molar-refractivity contribution in [3.8, 4) is 0 Å². The number of pyridine rings is 1. The normalized spacial score (nSPS) is 17.3. The molecular formula is C22H25N5O4. The number of hydrogen-bond donors (Lipinski definition) is 1. The van der Waals surface area contributed by atoms with Crippen molar-refractivity contribution in [1.29, 1.82) is 0 Å². The van der Waals surface area contributed by atoms with E-state index in [2.05, 4.69) is 20.6 Å². The number of rotatable bonds is 4. The number of carbonyl (C=O) groups is 2. The summed E-state index contributed by atoms with van der Waals surface area (Å²) in [6.07, 6.45) is 3.64. The molecule has 9 nitrogen and oxygen atoms in total. The van der Waals surface area contributed by atoms with Crippen molar-refractivity contribution in [3.63, 3.8) is 0 Å². The van der Waals surface area contributed by atoms with Crippen LogP contribution < -0.4 is 5.32 Å². The zero-order valence-electron chi connectivity index (χ0n) is 17.9. The van der Waals surface area contributed by atoms with Crippen LogP contribution in [0.25, 0.3) is 11.1 Å². The van der Waals surface area contributed by atoms with E-state index in [-0.39, 0.29) is 17.7 Å². The fourth-order valence-electron chi connectivity index (χ4n) is 4.48. The Morgan fingerprint density at radius 3 is 2.42 bits per heavy atom. The molecule has 1 N–H and O–H groups in total. The molecule has 0 radical (unpaired) electrons. The van der Waals surface area contributed by atoms with E-state index in [0.29, 0.717) is 52.7 Å². The van der Waals surface area contributed by atoms with Gasteiger partial charge in [-0.15, -0.1) is 0 Å². The molecule has 31 heavy (non-hydrogen) atoms. The average molecular weight is 423 g/mol. The highest BCUT2D eigenvalue weighted by Gasteiger charge is 2.33. The second kappa shape index (κ2) is 7.47. The number of piperidine rings is 1. The minimum absolute atomic E-state index is 0.0542. The van der Waals surface area contributed by atoms with Gasteiger partial charge in [0.15, 0.2) is 0 Å². The first kappa shape index (κ1) is 19.7. The van der Waals surface area contributed by atoms with Gasteiger partial charge in [-0.1, -0.05) is 10.3 Å². The van der Waals surface area contributed by atoms with Gasteiger partial charge in [0.05, 0.1) is 22.3 Å². The first-order valence-electron chi connectivity index (χ1n) is 10.7. The Labute approximate surface area is 179 Å². The van der Waals surface area contributed by atoms with Crippen LogP contribution in [-0.2, 0) is 0 Å². The Kier molecular flexibility index (Phi) is 4.75. The number of likely N-dealkylation sites (tertiary alicyclic amines) is 1. The molecule has 5 rings (SSSR count). The molecule has 4 heterocycles. The minimum atomic E-state index is -0.162. The molecule has 2 fully saturated rings. The Morgan fingerprint density at radius 2 is 1.81 bits per heavy atom. The summed E-state index contributed by atoms with van der Waals surface area (Å²) in [5.74, 6) is 0.818. The van der Waals surface area contributed by atoms with Crippen LogP contribution in [0.2, 0.25) is 0 Å². The van der Waals surface area contributed by atoms with Crippen LogP contribution in [-0.4, -0.2) is 52.1 Å². The first-order valence-corrected chi connectivity index (χ1v) is 10.7. The largest absolute Gasteiger partial charge is 0.361 e. The molecule has 0 atom stereocenters. The van der Waals surface area contributed by atoms with Crippen molar-refractivity contribution < 1.29 is 18.6 Å². The summed E-state index contributed by atoms with van der Waals surface area (Å²) >= 11 is 0. The van der Waals surface area contributed by atoms with Gasteiger partial charge in [-0.3, -0.25) is 9.59 Å². The number of nitrogens with one attached hydrogen (secondary N) is 1. The van der Waals surface area contributed by atoms with E-state index in [1.54, 1.807) is 20.9 Å². The Morgan fingerprint density at radius 1 is 1.06 bits per heavy atom. The molecule has 1 saturated carbocycles. The summed E-state index contributed by atoms with van der Waals surface area (Å²) < 4.78 is 10.7. The molecule has 0 unspecified atom stereocenters. The summed E-state index contributed by atoms with van der Waals surface area (Å²) in [6, 6.07) is 1.88. The zero-order chi connectivity index (χ0) is 21.7. The van der Waals surface area contributed by atoms with Gasteiger partial charge in [-0.05, 0) is 45.6 Å². The van der Waals surface area contributed by atoms with Gasteiger partial charge in [0.25, 0.3) is 17.5 Å². The van der Waals surface area contributed by atoms with Crippen molar-refractivity contribution in [3.05, 3.63) is 40.0 Å². The van der Waals surface area contributed by atoms with Gasteiger partial charge in [0.1, 0.15) is 11.3 Å². The maximum absolute atomic E-state index is 12.9. The van der Waals surface area contributed by atoms with Crippen LogP contribution >= 0.6 is 0 Å². The van der Waals surface area contributed by atoms with Crippen LogP contribution in [0, 0.1) is 13.8 Å². The minimum Gasteiger partial charge on any atom is -0.361 e. The topological polar surface area (TPSA) is 114 Å². The lowest BCUT2D eigenvalue weighted by Crippen LogP contribution is -2.38. The van der Waals surface area contributed by atoms with Crippen LogP contribution in [0.5, 0.6) is 0 Å². The highest BCUT2D eigenvalue weighted by molar-refractivity contribution is 6.06. The second-order valence-electron chi connectivity index (χ2n) is 8.46. The highest BCUT2D eigenvalue weighted by Crippen LogP contribution is 2.41.